The molecule has 3 N–H and O–H groups in total. The summed E-state index contributed by atoms with van der Waals surface area (Å²) in [5, 5.41) is 7.80. The first kappa shape index (κ1) is 15.2. The van der Waals surface area contributed by atoms with E-state index in [1.807, 2.05) is 30.3 Å². The van der Waals surface area contributed by atoms with Crippen molar-refractivity contribution in [2.24, 2.45) is 5.14 Å². The van der Waals surface area contributed by atoms with Gasteiger partial charge in [0.05, 0.1) is 11.3 Å². The minimum atomic E-state index is -3.79. The second-order valence-electron chi connectivity index (χ2n) is 4.73. The monoisotopic (exact) mass is 304 g/mol. The van der Waals surface area contributed by atoms with Crippen LogP contribution < -0.4 is 10.5 Å². The maximum absolute atomic E-state index is 12.0. The molecule has 0 atom stereocenters. The summed E-state index contributed by atoms with van der Waals surface area (Å²) in [6, 6.07) is 13.7. The molecule has 21 heavy (non-hydrogen) atoms. The van der Waals surface area contributed by atoms with Crippen molar-refractivity contribution in [2.75, 3.05) is 5.32 Å². The maximum atomic E-state index is 12.0. The number of hydrogen-bond donors (Lipinski definition) is 2. The molecule has 5 nitrogen and oxygen atoms in total. The molecule has 1 amide bonds. The minimum Gasteiger partial charge on any atom is -0.326 e. The van der Waals surface area contributed by atoms with Crippen molar-refractivity contribution in [1.82, 2.24) is 0 Å². The van der Waals surface area contributed by atoms with Gasteiger partial charge in [-0.1, -0.05) is 36.4 Å². The fraction of sp³-hybridized carbons (Fsp3) is 0.133. The SMILES string of the molecule is Cc1ccc(S(N)(=O)=O)cc1NC(=O)Cc1ccccc1. The van der Waals surface area contributed by atoms with E-state index in [9.17, 15) is 13.2 Å². The van der Waals surface area contributed by atoms with E-state index in [1.165, 1.54) is 12.1 Å². The Morgan fingerprint density at radius 2 is 1.81 bits per heavy atom. The number of rotatable bonds is 4. The topological polar surface area (TPSA) is 89.3 Å². The van der Waals surface area contributed by atoms with Gasteiger partial charge in [-0.2, -0.15) is 0 Å². The Bertz CT molecular complexity index is 756. The van der Waals surface area contributed by atoms with Gasteiger partial charge in [-0.25, -0.2) is 13.6 Å². The first-order valence-corrected chi connectivity index (χ1v) is 7.88. The van der Waals surface area contributed by atoms with E-state index < -0.39 is 10.0 Å². The van der Waals surface area contributed by atoms with Gasteiger partial charge in [-0.05, 0) is 30.2 Å². The van der Waals surface area contributed by atoms with Crippen molar-refractivity contribution < 1.29 is 13.2 Å². The second-order valence-corrected chi connectivity index (χ2v) is 6.29. The van der Waals surface area contributed by atoms with Crippen LogP contribution in [0.2, 0.25) is 0 Å². The Labute approximate surface area is 123 Å². The lowest BCUT2D eigenvalue weighted by atomic mass is 10.1. The number of anilines is 1. The molecule has 0 unspecified atom stereocenters. The largest absolute Gasteiger partial charge is 0.326 e. The lowest BCUT2D eigenvalue weighted by molar-refractivity contribution is -0.115. The van der Waals surface area contributed by atoms with Crippen LogP contribution in [0, 0.1) is 6.92 Å². The molecule has 0 saturated carbocycles. The van der Waals surface area contributed by atoms with Crippen LogP contribution in [-0.2, 0) is 21.2 Å². The van der Waals surface area contributed by atoms with Crippen molar-refractivity contribution in [1.29, 1.82) is 0 Å². The Morgan fingerprint density at radius 1 is 1.14 bits per heavy atom. The summed E-state index contributed by atoms with van der Waals surface area (Å²) < 4.78 is 22.7. The predicted molar refractivity (Wildman–Crippen MR) is 81.3 cm³/mol. The lowest BCUT2D eigenvalue weighted by Crippen LogP contribution is -2.17. The third kappa shape index (κ3) is 4.14. The number of carbonyl (C=O) groups excluding carboxylic acids is 1. The molecule has 0 saturated heterocycles. The van der Waals surface area contributed by atoms with Crippen molar-refractivity contribution in [3.05, 3.63) is 59.7 Å². The predicted octanol–water partition coefficient (Wildman–Crippen LogP) is 1.82. The van der Waals surface area contributed by atoms with Gasteiger partial charge in [0.25, 0.3) is 0 Å². The van der Waals surface area contributed by atoms with Crippen LogP contribution >= 0.6 is 0 Å². The van der Waals surface area contributed by atoms with Crippen LogP contribution in [0.4, 0.5) is 5.69 Å². The zero-order valence-electron chi connectivity index (χ0n) is 11.5. The number of sulfonamides is 1. The standard InChI is InChI=1S/C15H16N2O3S/c1-11-7-8-13(21(16,19)20)10-14(11)17-15(18)9-12-5-3-2-4-6-12/h2-8,10H,9H2,1H3,(H,17,18)(H2,16,19,20). The first-order valence-electron chi connectivity index (χ1n) is 6.33. The molecule has 0 aliphatic carbocycles. The van der Waals surface area contributed by atoms with Gasteiger partial charge in [-0.15, -0.1) is 0 Å². The van der Waals surface area contributed by atoms with Crippen molar-refractivity contribution in [3.63, 3.8) is 0 Å². The van der Waals surface area contributed by atoms with Gasteiger partial charge >= 0.3 is 0 Å². The molecule has 6 heteroatoms. The molecule has 0 heterocycles. The van der Waals surface area contributed by atoms with E-state index >= 15 is 0 Å². The Morgan fingerprint density at radius 3 is 2.43 bits per heavy atom. The molecular weight excluding hydrogens is 288 g/mol. The number of nitrogens with two attached hydrogens (primary N) is 1. The van der Waals surface area contributed by atoms with Gasteiger partial charge in [0.2, 0.25) is 15.9 Å². The highest BCUT2D eigenvalue weighted by Gasteiger charge is 2.12. The average molecular weight is 304 g/mol. The van der Waals surface area contributed by atoms with Crippen LogP contribution in [0.3, 0.4) is 0 Å². The molecule has 2 aromatic rings. The maximum Gasteiger partial charge on any atom is 0.238 e. The number of nitrogens with one attached hydrogen (secondary N) is 1. The average Bonchev–Trinajstić information content (AvgIpc) is 2.41. The number of aryl methyl sites for hydroxylation is 1. The number of amides is 1. The Kier molecular flexibility index (Phi) is 4.40. The highest BCUT2D eigenvalue weighted by Crippen LogP contribution is 2.19. The first-order chi connectivity index (χ1) is 9.86. The zero-order valence-corrected chi connectivity index (χ0v) is 12.4. The van der Waals surface area contributed by atoms with E-state index in [4.69, 9.17) is 5.14 Å². The lowest BCUT2D eigenvalue weighted by Gasteiger charge is -2.10. The zero-order chi connectivity index (χ0) is 15.5. The van der Waals surface area contributed by atoms with E-state index in [0.29, 0.717) is 5.69 Å². The van der Waals surface area contributed by atoms with Crippen molar-refractivity contribution >= 4 is 21.6 Å². The fourth-order valence-electron chi connectivity index (χ4n) is 1.89. The van der Waals surface area contributed by atoms with Gasteiger partial charge < -0.3 is 5.32 Å². The third-order valence-corrected chi connectivity index (χ3v) is 3.93. The number of primary sulfonamides is 1. The van der Waals surface area contributed by atoms with E-state index in [2.05, 4.69) is 5.32 Å². The molecule has 110 valence electrons. The molecule has 2 aromatic carbocycles. The molecule has 0 fully saturated rings. The van der Waals surface area contributed by atoms with Crippen LogP contribution in [0.5, 0.6) is 0 Å². The molecule has 2 rings (SSSR count). The number of benzene rings is 2. The van der Waals surface area contributed by atoms with E-state index in [1.54, 1.807) is 13.0 Å². The van der Waals surface area contributed by atoms with Crippen molar-refractivity contribution in [3.8, 4) is 0 Å². The highest BCUT2D eigenvalue weighted by atomic mass is 32.2. The van der Waals surface area contributed by atoms with Gasteiger partial charge in [-0.3, -0.25) is 4.79 Å². The quantitative estimate of drug-likeness (QED) is 0.903. The second kappa shape index (κ2) is 6.07. The van der Waals surface area contributed by atoms with Crippen molar-refractivity contribution in [2.45, 2.75) is 18.2 Å². The van der Waals surface area contributed by atoms with E-state index in [0.717, 1.165) is 11.1 Å². The minimum absolute atomic E-state index is 0.0249. The summed E-state index contributed by atoms with van der Waals surface area (Å²) in [6.45, 7) is 1.78. The molecule has 0 bridgehead atoms. The summed E-state index contributed by atoms with van der Waals surface area (Å²) in [5.74, 6) is -0.212. The molecule has 0 aromatic heterocycles. The van der Waals surface area contributed by atoms with Gasteiger partial charge in [0, 0.05) is 5.69 Å². The Balaban J connectivity index is 2.17. The van der Waals surface area contributed by atoms with Crippen LogP contribution in [0.25, 0.3) is 0 Å². The molecular formula is C15H16N2O3S. The van der Waals surface area contributed by atoms with Gasteiger partial charge in [0.1, 0.15) is 0 Å². The van der Waals surface area contributed by atoms with E-state index in [-0.39, 0.29) is 17.2 Å². The summed E-state index contributed by atoms with van der Waals surface area (Å²) >= 11 is 0. The molecule has 0 aliphatic heterocycles. The number of hydrogen-bond acceptors (Lipinski definition) is 3. The molecule has 0 spiro atoms. The highest BCUT2D eigenvalue weighted by molar-refractivity contribution is 7.89. The van der Waals surface area contributed by atoms with Gasteiger partial charge in [0.15, 0.2) is 0 Å². The molecule has 0 radical (unpaired) electrons. The Hall–Kier alpha value is -2.18. The summed E-state index contributed by atoms with van der Waals surface area (Å²) in [4.78, 5) is 12.0. The summed E-state index contributed by atoms with van der Waals surface area (Å²) in [7, 11) is -3.79. The van der Waals surface area contributed by atoms with Crippen LogP contribution in [0.1, 0.15) is 11.1 Å². The third-order valence-electron chi connectivity index (χ3n) is 3.02. The summed E-state index contributed by atoms with van der Waals surface area (Å²) in [6.07, 6.45) is 0.222. The number of carbonyl (C=O) groups is 1. The molecule has 0 aliphatic rings. The smallest absolute Gasteiger partial charge is 0.238 e. The summed E-state index contributed by atoms with van der Waals surface area (Å²) in [5.41, 5.74) is 2.10. The normalized spacial score (nSPS) is 11.1. The van der Waals surface area contributed by atoms with Crippen LogP contribution in [-0.4, -0.2) is 14.3 Å². The van der Waals surface area contributed by atoms with Crippen LogP contribution in [0.15, 0.2) is 53.4 Å². The fourth-order valence-corrected chi connectivity index (χ4v) is 2.43.